The first-order valence-corrected chi connectivity index (χ1v) is 9.62. The van der Waals surface area contributed by atoms with E-state index in [4.69, 9.17) is 10.5 Å². The maximum absolute atomic E-state index is 11.5. The first-order valence-electron chi connectivity index (χ1n) is 8.63. The Balaban J connectivity index is 1.85. The Labute approximate surface area is 162 Å². The van der Waals surface area contributed by atoms with Crippen molar-refractivity contribution in [2.24, 2.45) is 5.73 Å². The third-order valence-electron chi connectivity index (χ3n) is 4.11. The molecule has 0 spiro atoms. The summed E-state index contributed by atoms with van der Waals surface area (Å²) in [6.45, 7) is 0.592. The van der Waals surface area contributed by atoms with Gasteiger partial charge in [-0.05, 0) is 17.5 Å². The van der Waals surface area contributed by atoms with E-state index in [1.165, 1.54) is 18.9 Å². The molecule has 1 aromatic heterocycles. The van der Waals surface area contributed by atoms with Gasteiger partial charge in [0.05, 0.1) is 25.4 Å². The Morgan fingerprint density at radius 3 is 2.33 bits per heavy atom. The van der Waals surface area contributed by atoms with Gasteiger partial charge in [-0.2, -0.15) is 0 Å². The Morgan fingerprint density at radius 1 is 1.07 bits per heavy atom. The van der Waals surface area contributed by atoms with Crippen LogP contribution in [0.25, 0.3) is 0 Å². The average Bonchev–Trinajstić information content (AvgIpc) is 3.10. The fourth-order valence-electron chi connectivity index (χ4n) is 2.74. The number of hydrogen-bond donors (Lipinski definition) is 1. The summed E-state index contributed by atoms with van der Waals surface area (Å²) in [5.74, 6) is 0.580. The van der Waals surface area contributed by atoms with Crippen molar-refractivity contribution in [2.75, 3.05) is 12.9 Å². The molecule has 0 bridgehead atoms. The monoisotopic (exact) mass is 382 g/mol. The van der Waals surface area contributed by atoms with Crippen molar-refractivity contribution in [3.05, 3.63) is 77.6 Å². The van der Waals surface area contributed by atoms with Crippen LogP contribution in [-0.2, 0) is 22.5 Å². The second-order valence-corrected chi connectivity index (χ2v) is 7.02. The largest absolute Gasteiger partial charge is 0.468 e. The minimum Gasteiger partial charge on any atom is -0.468 e. The zero-order valence-electron chi connectivity index (χ0n) is 15.1. The zero-order valence-corrected chi connectivity index (χ0v) is 15.9. The van der Waals surface area contributed by atoms with Gasteiger partial charge >= 0.3 is 5.97 Å². The molecule has 2 N–H and O–H groups in total. The van der Waals surface area contributed by atoms with Gasteiger partial charge in [-0.1, -0.05) is 72.4 Å². The Bertz CT molecular complexity index is 868. The van der Waals surface area contributed by atoms with Gasteiger partial charge < -0.3 is 15.0 Å². The van der Waals surface area contributed by atoms with Crippen LogP contribution in [0, 0.1) is 0 Å². The number of nitrogens with two attached hydrogens (primary N) is 1. The van der Waals surface area contributed by atoms with E-state index in [1.807, 2.05) is 65.2 Å². The van der Waals surface area contributed by atoms with Crippen molar-refractivity contribution in [3.8, 4) is 0 Å². The van der Waals surface area contributed by atoms with Gasteiger partial charge in [0.1, 0.15) is 0 Å². The molecule has 6 nitrogen and oxygen atoms in total. The van der Waals surface area contributed by atoms with Crippen LogP contribution in [0.4, 0.5) is 0 Å². The van der Waals surface area contributed by atoms with Crippen molar-refractivity contribution in [1.82, 2.24) is 14.8 Å². The molecule has 7 heteroatoms. The van der Waals surface area contributed by atoms with Gasteiger partial charge in [0.15, 0.2) is 11.0 Å². The number of methoxy groups -OCH3 is 1. The third kappa shape index (κ3) is 5.18. The quantitative estimate of drug-likeness (QED) is 0.476. The van der Waals surface area contributed by atoms with Crippen molar-refractivity contribution >= 4 is 17.7 Å². The molecular weight excluding hydrogens is 360 g/mol. The molecule has 0 saturated heterocycles. The number of esters is 1. The first-order chi connectivity index (χ1) is 13.2. The van der Waals surface area contributed by atoms with E-state index in [0.717, 1.165) is 11.1 Å². The molecule has 0 aliphatic heterocycles. The predicted octanol–water partition coefficient (Wildman–Crippen LogP) is 2.83. The Morgan fingerprint density at radius 2 is 1.70 bits per heavy atom. The van der Waals surface area contributed by atoms with Crippen LogP contribution in [0.15, 0.2) is 65.8 Å². The molecule has 140 valence electrons. The molecule has 0 unspecified atom stereocenters. The van der Waals surface area contributed by atoms with Crippen LogP contribution >= 0.6 is 11.8 Å². The standard InChI is InChI=1S/C20H22N4O2S/c1-26-18(25)14-27-20-23-22-19(17(21)12-15-8-4-2-5-9-15)24(20)13-16-10-6-3-7-11-16/h2-11,17H,12-14,21H2,1H3/t17-/m0/s1. The van der Waals surface area contributed by atoms with Crippen molar-refractivity contribution < 1.29 is 9.53 Å². The number of rotatable bonds is 8. The highest BCUT2D eigenvalue weighted by atomic mass is 32.2. The number of nitrogens with zero attached hydrogens (tertiary/aromatic N) is 3. The lowest BCUT2D eigenvalue weighted by Crippen LogP contribution is -2.20. The lowest BCUT2D eigenvalue weighted by atomic mass is 10.1. The van der Waals surface area contributed by atoms with Crippen molar-refractivity contribution in [2.45, 2.75) is 24.2 Å². The van der Waals surface area contributed by atoms with Crippen LogP contribution in [0.1, 0.15) is 23.0 Å². The summed E-state index contributed by atoms with van der Waals surface area (Å²) < 4.78 is 6.70. The van der Waals surface area contributed by atoms with Crippen molar-refractivity contribution in [3.63, 3.8) is 0 Å². The number of benzene rings is 2. The van der Waals surface area contributed by atoms with E-state index in [9.17, 15) is 4.79 Å². The molecule has 27 heavy (non-hydrogen) atoms. The van der Waals surface area contributed by atoms with E-state index in [0.29, 0.717) is 23.9 Å². The lowest BCUT2D eigenvalue weighted by Gasteiger charge is -2.15. The zero-order chi connectivity index (χ0) is 19.1. The van der Waals surface area contributed by atoms with E-state index in [1.54, 1.807) is 0 Å². The lowest BCUT2D eigenvalue weighted by molar-refractivity contribution is -0.137. The predicted molar refractivity (Wildman–Crippen MR) is 105 cm³/mol. The smallest absolute Gasteiger partial charge is 0.316 e. The molecule has 1 atom stereocenters. The second-order valence-electron chi connectivity index (χ2n) is 6.07. The maximum Gasteiger partial charge on any atom is 0.316 e. The van der Waals surface area contributed by atoms with Gasteiger partial charge in [-0.15, -0.1) is 10.2 Å². The average molecular weight is 382 g/mol. The van der Waals surface area contributed by atoms with Gasteiger partial charge in [0.2, 0.25) is 0 Å². The highest BCUT2D eigenvalue weighted by Crippen LogP contribution is 2.23. The molecule has 3 rings (SSSR count). The number of carbonyl (C=O) groups excluding carboxylic acids is 1. The van der Waals surface area contributed by atoms with Crippen LogP contribution in [0.5, 0.6) is 0 Å². The fourth-order valence-corrected chi connectivity index (χ4v) is 3.51. The van der Waals surface area contributed by atoms with E-state index in [-0.39, 0.29) is 17.8 Å². The van der Waals surface area contributed by atoms with Gasteiger partial charge in [-0.3, -0.25) is 4.79 Å². The summed E-state index contributed by atoms with van der Waals surface area (Å²) in [4.78, 5) is 11.5. The van der Waals surface area contributed by atoms with E-state index >= 15 is 0 Å². The van der Waals surface area contributed by atoms with Gasteiger partial charge in [0.25, 0.3) is 0 Å². The Hall–Kier alpha value is -2.64. The van der Waals surface area contributed by atoms with Crippen LogP contribution in [-0.4, -0.2) is 33.6 Å². The fraction of sp³-hybridized carbons (Fsp3) is 0.250. The minimum atomic E-state index is -0.301. The van der Waals surface area contributed by atoms with E-state index < -0.39 is 0 Å². The molecule has 0 aliphatic rings. The molecule has 0 amide bonds. The highest BCUT2D eigenvalue weighted by molar-refractivity contribution is 7.99. The molecule has 0 aliphatic carbocycles. The topological polar surface area (TPSA) is 83.0 Å². The summed E-state index contributed by atoms with van der Waals surface area (Å²) in [7, 11) is 1.37. The highest BCUT2D eigenvalue weighted by Gasteiger charge is 2.20. The molecule has 0 saturated carbocycles. The summed E-state index contributed by atoms with van der Waals surface area (Å²) in [5.41, 5.74) is 8.71. The second kappa shape index (κ2) is 9.34. The van der Waals surface area contributed by atoms with E-state index in [2.05, 4.69) is 10.2 Å². The molecule has 0 fully saturated rings. The maximum atomic E-state index is 11.5. The number of hydrogen-bond acceptors (Lipinski definition) is 6. The summed E-state index contributed by atoms with van der Waals surface area (Å²) in [6, 6.07) is 19.8. The van der Waals surface area contributed by atoms with Crippen molar-refractivity contribution in [1.29, 1.82) is 0 Å². The molecule has 0 radical (unpaired) electrons. The Kier molecular flexibility index (Phi) is 6.62. The van der Waals surface area contributed by atoms with Gasteiger partial charge in [0, 0.05) is 0 Å². The third-order valence-corrected chi connectivity index (χ3v) is 5.05. The molecule has 2 aromatic carbocycles. The molecule has 1 heterocycles. The SMILES string of the molecule is COC(=O)CSc1nnc([C@@H](N)Cc2ccccc2)n1Cc1ccccc1. The van der Waals surface area contributed by atoms with Gasteiger partial charge in [-0.25, -0.2) is 0 Å². The van der Waals surface area contributed by atoms with Crippen LogP contribution < -0.4 is 5.73 Å². The number of ether oxygens (including phenoxy) is 1. The van der Waals surface area contributed by atoms with Crippen LogP contribution in [0.3, 0.4) is 0 Å². The summed E-state index contributed by atoms with van der Waals surface area (Å²) in [5, 5.41) is 9.25. The summed E-state index contributed by atoms with van der Waals surface area (Å²) >= 11 is 1.30. The first kappa shape index (κ1) is 19.1. The minimum absolute atomic E-state index is 0.178. The van der Waals surface area contributed by atoms with Crippen LogP contribution in [0.2, 0.25) is 0 Å². The molecular formula is C20H22N4O2S. The molecule has 3 aromatic rings. The number of aromatic nitrogens is 3. The number of thioether (sulfide) groups is 1. The normalized spacial score (nSPS) is 11.9. The number of carbonyl (C=O) groups is 1. The summed E-state index contributed by atoms with van der Waals surface area (Å²) in [6.07, 6.45) is 0.662.